The number of hydrogen-bond donors (Lipinski definition) is 0. The summed E-state index contributed by atoms with van der Waals surface area (Å²) >= 11 is 0. The van der Waals surface area contributed by atoms with Crippen LogP contribution in [-0.4, -0.2) is 55.8 Å². The maximum Gasteiger partial charge on any atom is 0.231 e. The minimum Gasteiger partial charge on any atom is -0.491 e. The number of carbonyl (C=O) groups is 2. The number of halogens is 1. The van der Waals surface area contributed by atoms with Crippen molar-refractivity contribution in [1.29, 1.82) is 0 Å². The summed E-state index contributed by atoms with van der Waals surface area (Å²) in [5.41, 5.74) is 1.04. The maximum atomic E-state index is 13.9. The van der Waals surface area contributed by atoms with Crippen LogP contribution >= 0.6 is 0 Å². The monoisotopic (exact) mass is 429 g/mol. The average Bonchev–Trinajstić information content (AvgIpc) is 3.24. The molecule has 164 valence electrons. The molecule has 2 heterocycles. The second-order valence-electron chi connectivity index (χ2n) is 7.53. The fraction of sp³-hybridized carbons (Fsp3) is 0.391. The Kier molecular flexibility index (Phi) is 6.36. The Morgan fingerprint density at radius 1 is 1.16 bits per heavy atom. The lowest BCUT2D eigenvalue weighted by molar-refractivity contribution is -0.139. The van der Waals surface area contributed by atoms with E-state index in [0.717, 1.165) is 11.3 Å². The highest BCUT2D eigenvalue weighted by molar-refractivity contribution is 5.94. The molecule has 2 aliphatic heterocycles. The van der Waals surface area contributed by atoms with E-state index in [1.807, 2.05) is 18.2 Å². The second-order valence-corrected chi connectivity index (χ2v) is 7.53. The third-order valence-electron chi connectivity index (χ3n) is 5.31. The molecule has 2 aromatic carbocycles. The Bertz CT molecular complexity index is 979. The number of carbonyl (C=O) groups excluding carboxylic acids is 2. The lowest BCUT2D eigenvalue weighted by Crippen LogP contribution is -2.47. The van der Waals surface area contributed by atoms with E-state index in [1.165, 1.54) is 19.1 Å². The Morgan fingerprint density at radius 2 is 2.00 bits per heavy atom. The van der Waals surface area contributed by atoms with Crippen LogP contribution in [0.3, 0.4) is 0 Å². The van der Waals surface area contributed by atoms with Gasteiger partial charge < -0.3 is 23.8 Å². The number of Topliss-reactive ketones (excluding diaryl/α,β-unsaturated/α-hetero) is 1. The zero-order chi connectivity index (χ0) is 21.8. The number of amides is 1. The molecular weight excluding hydrogens is 405 g/mol. The van der Waals surface area contributed by atoms with Crippen LogP contribution in [0, 0.1) is 5.82 Å². The van der Waals surface area contributed by atoms with Gasteiger partial charge in [-0.2, -0.15) is 0 Å². The molecule has 0 N–H and O–H groups in total. The first-order valence-electron chi connectivity index (χ1n) is 10.2. The molecule has 0 aromatic heterocycles. The predicted octanol–water partition coefficient (Wildman–Crippen LogP) is 3.00. The molecule has 1 fully saturated rings. The van der Waals surface area contributed by atoms with Gasteiger partial charge in [0.25, 0.3) is 0 Å². The van der Waals surface area contributed by atoms with Gasteiger partial charge in [0.2, 0.25) is 12.7 Å². The highest BCUT2D eigenvalue weighted by Crippen LogP contribution is 2.32. The topological polar surface area (TPSA) is 74.3 Å². The van der Waals surface area contributed by atoms with E-state index in [9.17, 15) is 14.0 Å². The van der Waals surface area contributed by atoms with E-state index >= 15 is 0 Å². The molecule has 0 saturated carbocycles. The summed E-state index contributed by atoms with van der Waals surface area (Å²) in [7, 11) is 0. The summed E-state index contributed by atoms with van der Waals surface area (Å²) in [6.07, 6.45) is 0.680. The fourth-order valence-corrected chi connectivity index (χ4v) is 3.61. The maximum absolute atomic E-state index is 13.9. The SMILES string of the molecule is CC(=O)c1ccc(OCC2CN(C(=O)CCc3ccc4c(c3)OCO4)CCO2)cc1F. The average molecular weight is 429 g/mol. The van der Waals surface area contributed by atoms with Crippen molar-refractivity contribution in [1.82, 2.24) is 4.90 Å². The van der Waals surface area contributed by atoms with E-state index in [0.29, 0.717) is 44.0 Å². The Hall–Kier alpha value is -3.13. The van der Waals surface area contributed by atoms with E-state index in [1.54, 1.807) is 11.0 Å². The molecule has 1 unspecified atom stereocenters. The number of ether oxygens (including phenoxy) is 4. The summed E-state index contributed by atoms with van der Waals surface area (Å²) in [6, 6.07) is 9.84. The Morgan fingerprint density at radius 3 is 2.81 bits per heavy atom. The first-order valence-corrected chi connectivity index (χ1v) is 10.2. The first kappa shape index (κ1) is 21.1. The van der Waals surface area contributed by atoms with Gasteiger partial charge in [-0.1, -0.05) is 6.07 Å². The van der Waals surface area contributed by atoms with E-state index in [4.69, 9.17) is 18.9 Å². The molecule has 2 aliphatic rings. The van der Waals surface area contributed by atoms with Gasteiger partial charge in [0.15, 0.2) is 17.3 Å². The second kappa shape index (κ2) is 9.34. The minimum absolute atomic E-state index is 0.0282. The third kappa shape index (κ3) is 5.14. The number of nitrogens with zero attached hydrogens (tertiary/aromatic N) is 1. The molecule has 0 radical (unpaired) electrons. The molecule has 2 aromatic rings. The fourth-order valence-electron chi connectivity index (χ4n) is 3.61. The molecule has 1 atom stereocenters. The lowest BCUT2D eigenvalue weighted by atomic mass is 10.1. The van der Waals surface area contributed by atoms with Crippen LogP contribution in [0.5, 0.6) is 17.2 Å². The van der Waals surface area contributed by atoms with Crippen molar-refractivity contribution in [2.24, 2.45) is 0 Å². The van der Waals surface area contributed by atoms with Gasteiger partial charge >= 0.3 is 0 Å². The van der Waals surface area contributed by atoms with Gasteiger partial charge in [-0.3, -0.25) is 9.59 Å². The molecule has 0 bridgehead atoms. The van der Waals surface area contributed by atoms with Crippen molar-refractivity contribution in [3.63, 3.8) is 0 Å². The van der Waals surface area contributed by atoms with Crippen molar-refractivity contribution in [2.75, 3.05) is 33.1 Å². The van der Waals surface area contributed by atoms with Gasteiger partial charge in [0.1, 0.15) is 24.3 Å². The number of fused-ring (bicyclic) bond motifs is 1. The Balaban J connectivity index is 1.26. The molecule has 0 spiro atoms. The number of hydrogen-bond acceptors (Lipinski definition) is 6. The number of aryl methyl sites for hydroxylation is 1. The zero-order valence-corrected chi connectivity index (χ0v) is 17.3. The highest BCUT2D eigenvalue weighted by atomic mass is 19.1. The van der Waals surface area contributed by atoms with Crippen molar-refractivity contribution in [2.45, 2.75) is 25.9 Å². The normalized spacial score (nSPS) is 17.5. The third-order valence-corrected chi connectivity index (χ3v) is 5.31. The van der Waals surface area contributed by atoms with Crippen LogP contribution in [0.2, 0.25) is 0 Å². The predicted molar refractivity (Wildman–Crippen MR) is 109 cm³/mol. The lowest BCUT2D eigenvalue weighted by Gasteiger charge is -2.33. The van der Waals surface area contributed by atoms with E-state index in [-0.39, 0.29) is 36.8 Å². The van der Waals surface area contributed by atoms with Crippen molar-refractivity contribution < 1.29 is 32.9 Å². The molecule has 1 amide bonds. The van der Waals surface area contributed by atoms with Crippen molar-refractivity contribution in [3.05, 3.63) is 53.3 Å². The summed E-state index contributed by atoms with van der Waals surface area (Å²) in [6.45, 7) is 3.08. The van der Waals surface area contributed by atoms with E-state index in [2.05, 4.69) is 0 Å². The number of rotatable bonds is 7. The van der Waals surface area contributed by atoms with Gasteiger partial charge in [0, 0.05) is 19.0 Å². The molecule has 4 rings (SSSR count). The van der Waals surface area contributed by atoms with Crippen LogP contribution in [0.15, 0.2) is 36.4 Å². The minimum atomic E-state index is -0.616. The molecule has 1 saturated heterocycles. The largest absolute Gasteiger partial charge is 0.491 e. The van der Waals surface area contributed by atoms with Crippen LogP contribution < -0.4 is 14.2 Å². The molecule has 7 nitrogen and oxygen atoms in total. The van der Waals surface area contributed by atoms with Crippen LogP contribution in [0.25, 0.3) is 0 Å². The van der Waals surface area contributed by atoms with Gasteiger partial charge in [-0.25, -0.2) is 4.39 Å². The van der Waals surface area contributed by atoms with Gasteiger partial charge in [0.05, 0.1) is 18.7 Å². The molecule has 0 aliphatic carbocycles. The molecule has 8 heteroatoms. The van der Waals surface area contributed by atoms with Crippen LogP contribution in [-0.2, 0) is 16.0 Å². The molecule has 31 heavy (non-hydrogen) atoms. The summed E-state index contributed by atoms with van der Waals surface area (Å²) in [5.74, 6) is 0.841. The highest BCUT2D eigenvalue weighted by Gasteiger charge is 2.25. The number of ketones is 1. The van der Waals surface area contributed by atoms with Crippen LogP contribution in [0.4, 0.5) is 4.39 Å². The molecular formula is C23H24FNO6. The van der Waals surface area contributed by atoms with Crippen molar-refractivity contribution in [3.8, 4) is 17.2 Å². The number of benzene rings is 2. The van der Waals surface area contributed by atoms with E-state index < -0.39 is 5.82 Å². The summed E-state index contributed by atoms with van der Waals surface area (Å²) < 4.78 is 35.9. The summed E-state index contributed by atoms with van der Waals surface area (Å²) in [5, 5.41) is 0. The first-order chi connectivity index (χ1) is 15.0. The smallest absolute Gasteiger partial charge is 0.231 e. The quantitative estimate of drug-likeness (QED) is 0.630. The van der Waals surface area contributed by atoms with Crippen LogP contribution in [0.1, 0.15) is 29.3 Å². The van der Waals surface area contributed by atoms with Crippen molar-refractivity contribution >= 4 is 11.7 Å². The summed E-state index contributed by atoms with van der Waals surface area (Å²) in [4.78, 5) is 25.8. The number of morpholine rings is 1. The zero-order valence-electron chi connectivity index (χ0n) is 17.3. The van der Waals surface area contributed by atoms with Gasteiger partial charge in [-0.05, 0) is 43.2 Å². The Labute approximate surface area is 179 Å². The van der Waals surface area contributed by atoms with Gasteiger partial charge in [-0.15, -0.1) is 0 Å². The standard InChI is InChI=1S/C23H24FNO6/c1-15(26)19-5-4-17(11-20(19)24)29-13-18-12-25(8-9-28-18)23(27)7-3-16-2-6-21-22(10-16)31-14-30-21/h2,4-6,10-11,18H,3,7-9,12-14H2,1H3.